The van der Waals surface area contributed by atoms with Gasteiger partial charge in [0.05, 0.1) is 5.60 Å². The van der Waals surface area contributed by atoms with Crippen molar-refractivity contribution in [3.63, 3.8) is 0 Å². The number of aryl methyl sites for hydroxylation is 2. The number of nitrogens with zero attached hydrogens (tertiary/aromatic N) is 1. The molecule has 1 saturated heterocycles. The minimum absolute atomic E-state index is 0.412. The summed E-state index contributed by atoms with van der Waals surface area (Å²) in [6.07, 6.45) is 6.81. The normalized spacial score (nSPS) is 27.2. The maximum atomic E-state index is 10.9. The second-order valence-electron chi connectivity index (χ2n) is 7.26. The lowest BCUT2D eigenvalue weighted by atomic mass is 9.91. The number of rotatable bonds is 4. The van der Waals surface area contributed by atoms with Gasteiger partial charge in [-0.2, -0.15) is 0 Å². The molecule has 0 radical (unpaired) electrons. The molecular weight excluding hydrogens is 274 g/mol. The first kappa shape index (κ1) is 15.8. The van der Waals surface area contributed by atoms with E-state index in [0.29, 0.717) is 6.61 Å². The Morgan fingerprint density at radius 3 is 2.68 bits per heavy atom. The lowest BCUT2D eigenvalue weighted by molar-refractivity contribution is -0.0185. The molecule has 2 aliphatic rings. The summed E-state index contributed by atoms with van der Waals surface area (Å²) in [6, 6.07) is 7.00. The van der Waals surface area contributed by atoms with Gasteiger partial charge in [0.25, 0.3) is 0 Å². The van der Waals surface area contributed by atoms with Gasteiger partial charge in [0.2, 0.25) is 0 Å². The Morgan fingerprint density at radius 2 is 2.00 bits per heavy atom. The van der Waals surface area contributed by atoms with Crippen molar-refractivity contribution in [2.24, 2.45) is 0 Å². The predicted molar refractivity (Wildman–Crippen MR) is 89.4 cm³/mol. The lowest BCUT2D eigenvalue weighted by Gasteiger charge is -2.37. The van der Waals surface area contributed by atoms with Crippen molar-refractivity contribution in [2.75, 3.05) is 19.7 Å². The topological polar surface area (TPSA) is 32.7 Å². The van der Waals surface area contributed by atoms with Crippen LogP contribution in [0.2, 0.25) is 0 Å². The van der Waals surface area contributed by atoms with Crippen LogP contribution in [0, 0.1) is 13.8 Å². The third kappa shape index (κ3) is 3.64. The standard InChI is InChI=1S/C19H29NO2/c1-15-7-8-18(16(2)13-15)22-14-19(21)9-4-11-20(12-10-19)17-5-3-6-17/h7-8,13,17,21H,3-6,9-12,14H2,1-2H3/t19-/m1/s1. The molecule has 0 bridgehead atoms. The Balaban J connectivity index is 1.56. The van der Waals surface area contributed by atoms with Gasteiger partial charge in [-0.05, 0) is 64.1 Å². The Bertz CT molecular complexity index is 512. The van der Waals surface area contributed by atoms with Crippen molar-refractivity contribution >= 4 is 0 Å². The second-order valence-corrected chi connectivity index (χ2v) is 7.26. The van der Waals surface area contributed by atoms with Crippen LogP contribution in [0.25, 0.3) is 0 Å². The zero-order chi connectivity index (χ0) is 15.6. The van der Waals surface area contributed by atoms with Gasteiger partial charge in [0.1, 0.15) is 12.4 Å². The number of hydrogen-bond acceptors (Lipinski definition) is 3. The summed E-state index contributed by atoms with van der Waals surface area (Å²) >= 11 is 0. The first-order valence-corrected chi connectivity index (χ1v) is 8.72. The molecule has 0 spiro atoms. The number of benzene rings is 1. The number of hydrogen-bond donors (Lipinski definition) is 1. The number of aliphatic hydroxyl groups is 1. The maximum Gasteiger partial charge on any atom is 0.122 e. The Labute approximate surface area is 134 Å². The average molecular weight is 303 g/mol. The van der Waals surface area contributed by atoms with Gasteiger partial charge in [0, 0.05) is 12.6 Å². The molecule has 1 aromatic rings. The molecule has 1 N–H and O–H groups in total. The molecule has 22 heavy (non-hydrogen) atoms. The van der Waals surface area contributed by atoms with Crippen LogP contribution >= 0.6 is 0 Å². The van der Waals surface area contributed by atoms with Crippen molar-refractivity contribution in [1.82, 2.24) is 4.90 Å². The zero-order valence-electron chi connectivity index (χ0n) is 14.0. The molecule has 0 amide bonds. The summed E-state index contributed by atoms with van der Waals surface area (Å²) in [5.74, 6) is 0.902. The van der Waals surface area contributed by atoms with Crippen molar-refractivity contribution in [3.05, 3.63) is 29.3 Å². The molecule has 3 nitrogen and oxygen atoms in total. The Hall–Kier alpha value is -1.06. The minimum atomic E-state index is -0.671. The van der Waals surface area contributed by atoms with E-state index < -0.39 is 5.60 Å². The van der Waals surface area contributed by atoms with E-state index in [0.717, 1.165) is 49.7 Å². The van der Waals surface area contributed by atoms with Crippen LogP contribution in [0.5, 0.6) is 5.75 Å². The van der Waals surface area contributed by atoms with Gasteiger partial charge in [-0.3, -0.25) is 0 Å². The molecule has 122 valence electrons. The lowest BCUT2D eigenvalue weighted by Crippen LogP contribution is -2.42. The monoisotopic (exact) mass is 303 g/mol. The molecule has 3 rings (SSSR count). The van der Waals surface area contributed by atoms with E-state index in [2.05, 4.69) is 30.9 Å². The summed E-state index contributed by atoms with van der Waals surface area (Å²) in [5, 5.41) is 10.9. The van der Waals surface area contributed by atoms with Crippen molar-refractivity contribution in [3.8, 4) is 5.75 Å². The van der Waals surface area contributed by atoms with E-state index in [1.54, 1.807) is 0 Å². The third-order valence-electron chi connectivity index (χ3n) is 5.37. The summed E-state index contributed by atoms with van der Waals surface area (Å²) < 4.78 is 5.96. The van der Waals surface area contributed by atoms with Crippen molar-refractivity contribution < 1.29 is 9.84 Å². The zero-order valence-corrected chi connectivity index (χ0v) is 14.0. The Kier molecular flexibility index (Phi) is 4.74. The summed E-state index contributed by atoms with van der Waals surface area (Å²) in [6.45, 7) is 6.71. The van der Waals surface area contributed by atoms with Crippen LogP contribution in [0.15, 0.2) is 18.2 Å². The summed E-state index contributed by atoms with van der Waals surface area (Å²) in [4.78, 5) is 2.58. The van der Waals surface area contributed by atoms with Gasteiger partial charge < -0.3 is 14.7 Å². The van der Waals surface area contributed by atoms with Gasteiger partial charge in [-0.1, -0.05) is 24.1 Å². The van der Waals surface area contributed by atoms with Gasteiger partial charge >= 0.3 is 0 Å². The second kappa shape index (κ2) is 6.59. The first-order chi connectivity index (χ1) is 10.6. The average Bonchev–Trinajstić information content (AvgIpc) is 2.59. The molecule has 1 saturated carbocycles. The van der Waals surface area contributed by atoms with E-state index in [-0.39, 0.29) is 0 Å². The fourth-order valence-corrected chi connectivity index (χ4v) is 3.63. The maximum absolute atomic E-state index is 10.9. The van der Waals surface area contributed by atoms with E-state index in [9.17, 15) is 5.11 Å². The fourth-order valence-electron chi connectivity index (χ4n) is 3.63. The van der Waals surface area contributed by atoms with Gasteiger partial charge in [-0.25, -0.2) is 0 Å². The van der Waals surface area contributed by atoms with Crippen LogP contribution in [0.1, 0.15) is 49.7 Å². The Morgan fingerprint density at radius 1 is 1.18 bits per heavy atom. The molecule has 1 heterocycles. The highest BCUT2D eigenvalue weighted by atomic mass is 16.5. The minimum Gasteiger partial charge on any atom is -0.490 e. The van der Waals surface area contributed by atoms with E-state index in [1.807, 2.05) is 6.07 Å². The van der Waals surface area contributed by atoms with Crippen LogP contribution in [0.4, 0.5) is 0 Å². The molecule has 1 aliphatic carbocycles. The molecule has 1 aliphatic heterocycles. The van der Waals surface area contributed by atoms with Crippen molar-refractivity contribution in [1.29, 1.82) is 0 Å². The third-order valence-corrected chi connectivity index (χ3v) is 5.37. The van der Waals surface area contributed by atoms with Crippen LogP contribution in [-0.4, -0.2) is 41.3 Å². The fraction of sp³-hybridized carbons (Fsp3) is 0.684. The SMILES string of the molecule is Cc1ccc(OC[C@@]2(O)CCCN(C3CCC3)CC2)c(C)c1. The van der Waals surface area contributed by atoms with Crippen molar-refractivity contribution in [2.45, 2.75) is 64.0 Å². The smallest absolute Gasteiger partial charge is 0.122 e. The van der Waals surface area contributed by atoms with E-state index in [4.69, 9.17) is 4.74 Å². The molecule has 0 unspecified atom stereocenters. The van der Waals surface area contributed by atoms with Crippen LogP contribution in [-0.2, 0) is 0 Å². The molecule has 1 atom stereocenters. The predicted octanol–water partition coefficient (Wildman–Crippen LogP) is 3.45. The molecule has 1 aromatic carbocycles. The molecule has 3 heteroatoms. The highest BCUT2D eigenvalue weighted by Gasteiger charge is 2.34. The first-order valence-electron chi connectivity index (χ1n) is 8.72. The van der Waals surface area contributed by atoms with Crippen LogP contribution < -0.4 is 4.74 Å². The van der Waals surface area contributed by atoms with E-state index in [1.165, 1.54) is 24.8 Å². The van der Waals surface area contributed by atoms with Gasteiger partial charge in [-0.15, -0.1) is 0 Å². The molecule has 2 fully saturated rings. The summed E-state index contributed by atoms with van der Waals surface area (Å²) in [7, 11) is 0. The summed E-state index contributed by atoms with van der Waals surface area (Å²) in [5.41, 5.74) is 1.72. The van der Waals surface area contributed by atoms with Crippen LogP contribution in [0.3, 0.4) is 0 Å². The number of likely N-dealkylation sites (tertiary alicyclic amines) is 1. The largest absolute Gasteiger partial charge is 0.490 e. The quantitative estimate of drug-likeness (QED) is 0.924. The molecular formula is C19H29NO2. The molecule has 0 aromatic heterocycles. The highest BCUT2D eigenvalue weighted by molar-refractivity contribution is 5.35. The number of ether oxygens (including phenoxy) is 1. The highest BCUT2D eigenvalue weighted by Crippen LogP contribution is 2.30. The van der Waals surface area contributed by atoms with E-state index >= 15 is 0 Å². The van der Waals surface area contributed by atoms with Gasteiger partial charge in [0.15, 0.2) is 0 Å².